The minimum Gasteiger partial charge on any atom is -0.494 e. The Morgan fingerprint density at radius 1 is 1.09 bits per heavy atom. The van der Waals surface area contributed by atoms with Crippen LogP contribution >= 0.6 is 0 Å². The molecular formula is C19H23NO2. The van der Waals surface area contributed by atoms with Crippen LogP contribution in [0.25, 0.3) is 0 Å². The Morgan fingerprint density at radius 2 is 1.77 bits per heavy atom. The van der Waals surface area contributed by atoms with Crippen LogP contribution in [-0.4, -0.2) is 19.1 Å². The molecular weight excluding hydrogens is 274 g/mol. The first-order valence-electron chi connectivity index (χ1n) is 7.76. The van der Waals surface area contributed by atoms with Crippen LogP contribution in [-0.2, 0) is 0 Å². The highest BCUT2D eigenvalue weighted by Gasteiger charge is 2.09. The fourth-order valence-corrected chi connectivity index (χ4v) is 2.17. The average Bonchev–Trinajstić information content (AvgIpc) is 2.58. The van der Waals surface area contributed by atoms with E-state index in [-0.39, 0.29) is 11.8 Å². The van der Waals surface area contributed by atoms with Crippen LogP contribution in [0.3, 0.4) is 0 Å². The molecule has 0 unspecified atom stereocenters. The molecule has 0 fully saturated rings. The molecule has 2 aromatic carbocycles. The van der Waals surface area contributed by atoms with Crippen LogP contribution in [0.4, 0.5) is 0 Å². The summed E-state index contributed by atoms with van der Waals surface area (Å²) in [6.07, 6.45) is 0.972. The van der Waals surface area contributed by atoms with Crippen LogP contribution in [0, 0.1) is 0 Å². The van der Waals surface area contributed by atoms with Gasteiger partial charge in [0.05, 0.1) is 6.61 Å². The Labute approximate surface area is 132 Å². The Hall–Kier alpha value is -2.29. The Kier molecular flexibility index (Phi) is 6.01. The molecule has 0 saturated heterocycles. The summed E-state index contributed by atoms with van der Waals surface area (Å²) in [6, 6.07) is 17.5. The summed E-state index contributed by atoms with van der Waals surface area (Å²) >= 11 is 0. The molecule has 0 aliphatic carbocycles. The van der Waals surface area contributed by atoms with Gasteiger partial charge in [0.25, 0.3) is 5.91 Å². The maximum absolute atomic E-state index is 12.2. The zero-order valence-electron chi connectivity index (χ0n) is 13.2. The molecule has 2 rings (SSSR count). The van der Waals surface area contributed by atoms with Gasteiger partial charge in [-0.3, -0.25) is 4.79 Å². The molecule has 0 saturated carbocycles. The lowest BCUT2D eigenvalue weighted by Gasteiger charge is -2.13. The number of benzene rings is 2. The third kappa shape index (κ3) is 4.62. The first-order chi connectivity index (χ1) is 10.7. The summed E-state index contributed by atoms with van der Waals surface area (Å²) in [4.78, 5) is 12.2. The van der Waals surface area contributed by atoms with Gasteiger partial charge in [-0.2, -0.15) is 0 Å². The second-order valence-corrected chi connectivity index (χ2v) is 5.39. The molecule has 3 nitrogen and oxygen atoms in total. The number of amides is 1. The van der Waals surface area contributed by atoms with Crippen LogP contribution in [0.15, 0.2) is 54.6 Å². The summed E-state index contributed by atoms with van der Waals surface area (Å²) in [6.45, 7) is 5.49. The summed E-state index contributed by atoms with van der Waals surface area (Å²) < 4.78 is 5.51. The number of nitrogens with one attached hydrogen (secondary N) is 1. The van der Waals surface area contributed by atoms with Crippen molar-refractivity contribution in [3.05, 3.63) is 65.7 Å². The van der Waals surface area contributed by atoms with Crippen molar-refractivity contribution in [3.8, 4) is 5.75 Å². The number of hydrogen-bond acceptors (Lipinski definition) is 2. The van der Waals surface area contributed by atoms with Gasteiger partial charge in [0.15, 0.2) is 0 Å². The third-order valence-corrected chi connectivity index (χ3v) is 3.53. The van der Waals surface area contributed by atoms with Crippen molar-refractivity contribution in [1.29, 1.82) is 0 Å². The van der Waals surface area contributed by atoms with Crippen molar-refractivity contribution in [3.63, 3.8) is 0 Å². The molecule has 0 heterocycles. The minimum absolute atomic E-state index is 0.0511. The average molecular weight is 297 g/mol. The quantitative estimate of drug-likeness (QED) is 0.838. The summed E-state index contributed by atoms with van der Waals surface area (Å²) in [5.74, 6) is 1.04. The molecule has 0 aliphatic heterocycles. The third-order valence-electron chi connectivity index (χ3n) is 3.53. The summed E-state index contributed by atoms with van der Waals surface area (Å²) in [5, 5.41) is 2.98. The van der Waals surface area contributed by atoms with Gasteiger partial charge in [-0.25, -0.2) is 0 Å². The van der Waals surface area contributed by atoms with Gasteiger partial charge < -0.3 is 10.1 Å². The van der Waals surface area contributed by atoms with Crippen LogP contribution in [0.2, 0.25) is 0 Å². The molecule has 1 N–H and O–H groups in total. The lowest BCUT2D eigenvalue weighted by molar-refractivity contribution is 0.0951. The van der Waals surface area contributed by atoms with Crippen molar-refractivity contribution < 1.29 is 9.53 Å². The molecule has 3 heteroatoms. The molecule has 0 bridgehead atoms. The van der Waals surface area contributed by atoms with E-state index >= 15 is 0 Å². The van der Waals surface area contributed by atoms with Gasteiger partial charge in [-0.1, -0.05) is 44.2 Å². The zero-order valence-corrected chi connectivity index (χ0v) is 13.2. The number of carbonyl (C=O) groups excluding carboxylic acids is 1. The van der Waals surface area contributed by atoms with Crippen LogP contribution in [0.1, 0.15) is 42.1 Å². The summed E-state index contributed by atoms with van der Waals surface area (Å²) in [7, 11) is 0. The van der Waals surface area contributed by atoms with E-state index in [9.17, 15) is 4.79 Å². The van der Waals surface area contributed by atoms with Gasteiger partial charge in [-0.05, 0) is 42.2 Å². The van der Waals surface area contributed by atoms with Gasteiger partial charge in [-0.15, -0.1) is 0 Å². The second kappa shape index (κ2) is 8.23. The van der Waals surface area contributed by atoms with Crippen molar-refractivity contribution in [1.82, 2.24) is 5.32 Å². The van der Waals surface area contributed by atoms with Gasteiger partial charge in [0.1, 0.15) is 5.75 Å². The van der Waals surface area contributed by atoms with Crippen LogP contribution < -0.4 is 10.1 Å². The smallest absolute Gasteiger partial charge is 0.251 e. The number of ether oxygens (including phenoxy) is 1. The predicted octanol–water partition coefficient (Wildman–Crippen LogP) is 4.01. The molecule has 22 heavy (non-hydrogen) atoms. The normalized spacial score (nSPS) is 11.7. The molecule has 1 amide bonds. The van der Waals surface area contributed by atoms with E-state index in [4.69, 9.17) is 4.74 Å². The van der Waals surface area contributed by atoms with Crippen molar-refractivity contribution in [2.75, 3.05) is 13.2 Å². The van der Waals surface area contributed by atoms with Crippen molar-refractivity contribution in [2.45, 2.75) is 26.2 Å². The molecule has 0 radical (unpaired) electrons. The number of hydrogen-bond donors (Lipinski definition) is 1. The fourth-order valence-electron chi connectivity index (χ4n) is 2.17. The first-order valence-corrected chi connectivity index (χ1v) is 7.76. The SMILES string of the molecule is CCCOc1ccc(C(=O)NC[C@@H](C)c2ccccc2)cc1. The van der Waals surface area contributed by atoms with Crippen molar-refractivity contribution >= 4 is 5.91 Å². The fraction of sp³-hybridized carbons (Fsp3) is 0.316. The highest BCUT2D eigenvalue weighted by molar-refractivity contribution is 5.94. The van der Waals surface area contributed by atoms with Crippen LogP contribution in [0.5, 0.6) is 5.75 Å². The van der Waals surface area contributed by atoms with E-state index in [0.29, 0.717) is 18.7 Å². The molecule has 0 aliphatic rings. The molecule has 0 spiro atoms. The van der Waals surface area contributed by atoms with Gasteiger partial charge in [0, 0.05) is 12.1 Å². The summed E-state index contributed by atoms with van der Waals surface area (Å²) in [5.41, 5.74) is 1.88. The molecule has 116 valence electrons. The van der Waals surface area contributed by atoms with Gasteiger partial charge >= 0.3 is 0 Å². The van der Waals surface area contributed by atoms with E-state index in [1.165, 1.54) is 5.56 Å². The number of rotatable bonds is 7. The van der Waals surface area contributed by atoms with Crippen molar-refractivity contribution in [2.24, 2.45) is 0 Å². The lowest BCUT2D eigenvalue weighted by Crippen LogP contribution is -2.27. The van der Waals surface area contributed by atoms with Gasteiger partial charge in [0.2, 0.25) is 0 Å². The first kappa shape index (κ1) is 16.1. The van der Waals surface area contributed by atoms with E-state index in [1.807, 2.05) is 30.3 Å². The Bertz CT molecular complexity index is 578. The number of carbonyl (C=O) groups is 1. The lowest BCUT2D eigenvalue weighted by atomic mass is 10.0. The predicted molar refractivity (Wildman–Crippen MR) is 89.4 cm³/mol. The highest BCUT2D eigenvalue weighted by atomic mass is 16.5. The molecule has 1 atom stereocenters. The Balaban J connectivity index is 1.86. The van der Waals surface area contributed by atoms with E-state index < -0.39 is 0 Å². The van der Waals surface area contributed by atoms with E-state index in [0.717, 1.165) is 12.2 Å². The second-order valence-electron chi connectivity index (χ2n) is 5.39. The minimum atomic E-state index is -0.0511. The zero-order chi connectivity index (χ0) is 15.8. The highest BCUT2D eigenvalue weighted by Crippen LogP contribution is 2.15. The maximum atomic E-state index is 12.2. The standard InChI is InChI=1S/C19H23NO2/c1-3-13-22-18-11-9-17(10-12-18)19(21)20-14-15(2)16-7-5-4-6-8-16/h4-12,15H,3,13-14H2,1-2H3,(H,20,21)/t15-/m1/s1. The van der Waals surface area contributed by atoms with E-state index in [2.05, 4.69) is 31.3 Å². The topological polar surface area (TPSA) is 38.3 Å². The monoisotopic (exact) mass is 297 g/mol. The van der Waals surface area contributed by atoms with E-state index in [1.54, 1.807) is 12.1 Å². The Morgan fingerprint density at radius 3 is 2.41 bits per heavy atom. The molecule has 2 aromatic rings. The molecule has 0 aromatic heterocycles. The maximum Gasteiger partial charge on any atom is 0.251 e. The largest absolute Gasteiger partial charge is 0.494 e.